The number of ether oxygens (including phenoxy) is 3. The zero-order valence-electron chi connectivity index (χ0n) is 21.2. The van der Waals surface area contributed by atoms with Crippen LogP contribution in [0.15, 0.2) is 72.8 Å². The molecular weight excluding hydrogens is 517 g/mol. The van der Waals surface area contributed by atoms with Crippen molar-refractivity contribution in [1.29, 1.82) is 0 Å². The Kier molecular flexibility index (Phi) is 10.6. The Labute approximate surface area is 223 Å². The second-order valence-corrected chi connectivity index (χ2v) is 8.41. The summed E-state index contributed by atoms with van der Waals surface area (Å²) in [6, 6.07) is 18.0. The number of hydrogen-bond acceptors (Lipinski definition) is 6. The molecule has 0 heterocycles. The van der Waals surface area contributed by atoms with E-state index in [1.807, 2.05) is 24.3 Å². The number of carbonyl (C=O) groups excluding carboxylic acids is 2. The molecule has 0 saturated heterocycles. The summed E-state index contributed by atoms with van der Waals surface area (Å²) >= 11 is 0. The van der Waals surface area contributed by atoms with E-state index >= 15 is 0 Å². The monoisotopic (exact) mass is 546 g/mol. The molecule has 0 aliphatic heterocycles. The molecule has 0 aromatic heterocycles. The first kappa shape index (κ1) is 29.3. The molecule has 3 aromatic rings. The molecule has 0 fully saturated rings. The molecule has 0 radical (unpaired) electrons. The van der Waals surface area contributed by atoms with E-state index in [0.717, 1.165) is 23.4 Å². The van der Waals surface area contributed by atoms with Crippen LogP contribution < -0.4 is 24.8 Å². The zero-order chi connectivity index (χ0) is 28.3. The SMILES string of the molecule is COc1ccc(CCOc2ccc(C(=O)NC(Cc3ccc(OC(F)(F)F)cc3)C(=O)NCCO)cc2)cc1. The van der Waals surface area contributed by atoms with Crippen LogP contribution >= 0.6 is 0 Å². The maximum absolute atomic E-state index is 12.9. The summed E-state index contributed by atoms with van der Waals surface area (Å²) in [6.07, 6.45) is -4.14. The Hall–Kier alpha value is -4.25. The largest absolute Gasteiger partial charge is 0.573 e. The van der Waals surface area contributed by atoms with Crippen LogP contribution in [0.2, 0.25) is 0 Å². The lowest BCUT2D eigenvalue weighted by Gasteiger charge is -2.19. The van der Waals surface area contributed by atoms with Gasteiger partial charge in [0.2, 0.25) is 5.91 Å². The summed E-state index contributed by atoms with van der Waals surface area (Å²) in [5.41, 5.74) is 1.86. The van der Waals surface area contributed by atoms with Crippen molar-refractivity contribution in [2.45, 2.75) is 25.2 Å². The van der Waals surface area contributed by atoms with Crippen LogP contribution in [0.1, 0.15) is 21.5 Å². The average Bonchev–Trinajstić information content (AvgIpc) is 2.92. The van der Waals surface area contributed by atoms with Crippen LogP contribution in [0.3, 0.4) is 0 Å². The number of alkyl halides is 3. The van der Waals surface area contributed by atoms with Gasteiger partial charge < -0.3 is 30.0 Å². The van der Waals surface area contributed by atoms with Gasteiger partial charge in [-0.15, -0.1) is 13.2 Å². The molecule has 39 heavy (non-hydrogen) atoms. The van der Waals surface area contributed by atoms with Crippen molar-refractivity contribution in [3.8, 4) is 17.2 Å². The number of amides is 2. The summed E-state index contributed by atoms with van der Waals surface area (Å²) in [6.45, 7) is 0.111. The molecule has 0 aliphatic rings. The van der Waals surface area contributed by atoms with E-state index in [1.54, 1.807) is 31.4 Å². The zero-order valence-corrected chi connectivity index (χ0v) is 21.2. The molecule has 0 aliphatic carbocycles. The van der Waals surface area contributed by atoms with E-state index in [9.17, 15) is 22.8 Å². The van der Waals surface area contributed by atoms with Crippen LogP contribution in [0.5, 0.6) is 17.2 Å². The second-order valence-electron chi connectivity index (χ2n) is 8.41. The van der Waals surface area contributed by atoms with Crippen molar-refractivity contribution < 1.29 is 42.1 Å². The highest BCUT2D eigenvalue weighted by Gasteiger charge is 2.31. The molecule has 11 heteroatoms. The van der Waals surface area contributed by atoms with Gasteiger partial charge in [0.05, 0.1) is 20.3 Å². The number of hydrogen-bond donors (Lipinski definition) is 3. The van der Waals surface area contributed by atoms with E-state index in [4.69, 9.17) is 14.6 Å². The Morgan fingerprint density at radius 1 is 0.872 bits per heavy atom. The lowest BCUT2D eigenvalue weighted by molar-refractivity contribution is -0.274. The van der Waals surface area contributed by atoms with Gasteiger partial charge in [-0.05, 0) is 59.7 Å². The van der Waals surface area contributed by atoms with Crippen molar-refractivity contribution >= 4 is 11.8 Å². The Morgan fingerprint density at radius 3 is 2.05 bits per heavy atom. The molecule has 0 bridgehead atoms. The highest BCUT2D eigenvalue weighted by Crippen LogP contribution is 2.23. The Morgan fingerprint density at radius 2 is 1.46 bits per heavy atom. The van der Waals surface area contributed by atoms with Crippen LogP contribution in [0.25, 0.3) is 0 Å². The molecule has 8 nitrogen and oxygen atoms in total. The molecule has 3 aromatic carbocycles. The first-order valence-electron chi connectivity index (χ1n) is 12.1. The third-order valence-electron chi connectivity index (χ3n) is 5.56. The normalized spacial score (nSPS) is 11.8. The van der Waals surface area contributed by atoms with E-state index in [1.165, 1.54) is 12.1 Å². The summed E-state index contributed by atoms with van der Waals surface area (Å²) in [5, 5.41) is 14.2. The average molecular weight is 547 g/mol. The van der Waals surface area contributed by atoms with Gasteiger partial charge in [0.1, 0.15) is 23.3 Å². The maximum atomic E-state index is 12.9. The molecular formula is C28H29F3N2O6. The predicted molar refractivity (Wildman–Crippen MR) is 137 cm³/mol. The van der Waals surface area contributed by atoms with Crippen LogP contribution in [0, 0.1) is 0 Å². The smallest absolute Gasteiger partial charge is 0.497 e. The minimum atomic E-state index is -4.82. The number of methoxy groups -OCH3 is 1. The minimum Gasteiger partial charge on any atom is -0.497 e. The molecule has 1 unspecified atom stereocenters. The van der Waals surface area contributed by atoms with Crippen LogP contribution in [-0.2, 0) is 17.6 Å². The van der Waals surface area contributed by atoms with Gasteiger partial charge in [-0.25, -0.2) is 0 Å². The topological polar surface area (TPSA) is 106 Å². The first-order chi connectivity index (χ1) is 18.7. The van der Waals surface area contributed by atoms with E-state index in [2.05, 4.69) is 15.4 Å². The van der Waals surface area contributed by atoms with Crippen molar-refractivity contribution in [2.75, 3.05) is 26.9 Å². The Balaban J connectivity index is 1.58. The number of carbonyl (C=O) groups is 2. The van der Waals surface area contributed by atoms with Gasteiger partial charge in [-0.3, -0.25) is 9.59 Å². The van der Waals surface area contributed by atoms with Crippen molar-refractivity contribution in [1.82, 2.24) is 10.6 Å². The lowest BCUT2D eigenvalue weighted by Crippen LogP contribution is -2.48. The molecule has 208 valence electrons. The van der Waals surface area contributed by atoms with Crippen molar-refractivity contribution in [3.05, 3.63) is 89.5 Å². The molecule has 2 amide bonds. The number of aliphatic hydroxyl groups is 1. The summed E-state index contributed by atoms with van der Waals surface area (Å²) in [4.78, 5) is 25.5. The Bertz CT molecular complexity index is 1200. The number of rotatable bonds is 13. The first-order valence-corrected chi connectivity index (χ1v) is 12.1. The maximum Gasteiger partial charge on any atom is 0.573 e. The number of halogens is 3. The van der Waals surface area contributed by atoms with E-state index in [0.29, 0.717) is 24.3 Å². The van der Waals surface area contributed by atoms with Gasteiger partial charge in [-0.2, -0.15) is 0 Å². The number of nitrogens with one attached hydrogen (secondary N) is 2. The van der Waals surface area contributed by atoms with Crippen LogP contribution in [-0.4, -0.2) is 56.2 Å². The number of aliphatic hydroxyl groups excluding tert-OH is 1. The van der Waals surface area contributed by atoms with Gasteiger partial charge in [0.25, 0.3) is 5.91 Å². The third-order valence-corrected chi connectivity index (χ3v) is 5.56. The quantitative estimate of drug-likeness (QED) is 0.302. The predicted octanol–water partition coefficient (Wildman–Crippen LogP) is 3.66. The molecule has 3 N–H and O–H groups in total. The summed E-state index contributed by atoms with van der Waals surface area (Å²) < 4.78 is 52.0. The van der Waals surface area contributed by atoms with Crippen molar-refractivity contribution in [2.24, 2.45) is 0 Å². The summed E-state index contributed by atoms with van der Waals surface area (Å²) in [7, 11) is 1.60. The molecule has 1 atom stereocenters. The van der Waals surface area contributed by atoms with E-state index in [-0.39, 0.29) is 25.1 Å². The third kappa shape index (κ3) is 9.86. The van der Waals surface area contributed by atoms with E-state index < -0.39 is 30.0 Å². The minimum absolute atomic E-state index is 0.00184. The second kappa shape index (κ2) is 14.1. The highest BCUT2D eigenvalue weighted by molar-refractivity contribution is 5.97. The molecule has 0 saturated carbocycles. The fourth-order valence-corrected chi connectivity index (χ4v) is 3.60. The van der Waals surface area contributed by atoms with Gasteiger partial charge in [0.15, 0.2) is 0 Å². The molecule has 3 rings (SSSR count). The standard InChI is InChI=1S/C28H29F3N2O6/c1-37-22-8-2-19(3-9-22)14-17-38-23-12-6-21(7-13-23)26(35)33-25(27(36)32-15-16-34)18-20-4-10-24(11-5-20)39-28(29,30)31/h2-13,25,34H,14-18H2,1H3,(H,32,36)(H,33,35). The number of benzene rings is 3. The molecule has 0 spiro atoms. The fraction of sp³-hybridized carbons (Fsp3) is 0.286. The van der Waals surface area contributed by atoms with Gasteiger partial charge in [-0.1, -0.05) is 24.3 Å². The van der Waals surface area contributed by atoms with Gasteiger partial charge in [0, 0.05) is 24.9 Å². The lowest BCUT2D eigenvalue weighted by atomic mass is 10.0. The van der Waals surface area contributed by atoms with Crippen molar-refractivity contribution in [3.63, 3.8) is 0 Å². The highest BCUT2D eigenvalue weighted by atomic mass is 19.4. The fourth-order valence-electron chi connectivity index (χ4n) is 3.60. The van der Waals surface area contributed by atoms with Crippen LogP contribution in [0.4, 0.5) is 13.2 Å². The van der Waals surface area contributed by atoms with Gasteiger partial charge >= 0.3 is 6.36 Å². The summed E-state index contributed by atoms with van der Waals surface area (Å²) in [5.74, 6) is -0.135.